The lowest BCUT2D eigenvalue weighted by atomic mass is 10.0. The lowest BCUT2D eigenvalue weighted by molar-refractivity contribution is 0.614. The highest BCUT2D eigenvalue weighted by Crippen LogP contribution is 2.31. The molecular weight excluding hydrogens is 210 g/mol. The zero-order valence-electron chi connectivity index (χ0n) is 11.2. The van der Waals surface area contributed by atoms with Crippen LogP contribution in [0.15, 0.2) is 4.99 Å². The Bertz CT molecular complexity index is 435. The minimum atomic E-state index is 0.403. The van der Waals surface area contributed by atoms with Gasteiger partial charge in [0.15, 0.2) is 0 Å². The first-order valence-electron chi connectivity index (χ1n) is 6.53. The van der Waals surface area contributed by atoms with E-state index in [4.69, 9.17) is 0 Å². The molecule has 0 aromatic carbocycles. The number of hydrogen-bond acceptors (Lipinski definition) is 3. The molecule has 0 amide bonds. The summed E-state index contributed by atoms with van der Waals surface area (Å²) in [5, 5.41) is 0. The molecule has 3 nitrogen and oxygen atoms in total. The number of aliphatic imine (C=N–C) groups is 1. The molecule has 0 fully saturated rings. The van der Waals surface area contributed by atoms with Crippen molar-refractivity contribution < 1.29 is 0 Å². The number of rotatable bonds is 2. The van der Waals surface area contributed by atoms with E-state index in [2.05, 4.69) is 41.9 Å². The van der Waals surface area contributed by atoms with E-state index in [-0.39, 0.29) is 0 Å². The third kappa shape index (κ3) is 2.54. The van der Waals surface area contributed by atoms with Crippen molar-refractivity contribution >= 4 is 11.9 Å². The van der Waals surface area contributed by atoms with Gasteiger partial charge in [0.2, 0.25) is 0 Å². The van der Waals surface area contributed by atoms with Gasteiger partial charge in [0.05, 0.1) is 11.4 Å². The number of fused-ring (bicyclic) bond motifs is 1. The average molecular weight is 231 g/mol. The number of aromatic nitrogens is 2. The minimum absolute atomic E-state index is 0.403. The number of hydrogen-bond donors (Lipinski definition) is 0. The Morgan fingerprint density at radius 3 is 2.76 bits per heavy atom. The van der Waals surface area contributed by atoms with E-state index in [9.17, 15) is 0 Å². The van der Waals surface area contributed by atoms with Crippen LogP contribution >= 0.6 is 0 Å². The maximum Gasteiger partial charge on any atom is 0.125 e. The lowest BCUT2D eigenvalue weighted by Gasteiger charge is -2.11. The van der Waals surface area contributed by atoms with Crippen molar-refractivity contribution in [1.29, 1.82) is 0 Å². The van der Waals surface area contributed by atoms with Crippen LogP contribution in [-0.4, -0.2) is 16.2 Å². The normalized spacial score (nSPS) is 19.2. The second-order valence-electron chi connectivity index (χ2n) is 5.09. The quantitative estimate of drug-likeness (QED) is 0.780. The molecule has 0 radical (unpaired) electrons. The van der Waals surface area contributed by atoms with Gasteiger partial charge >= 0.3 is 0 Å². The molecule has 0 N–H and O–H groups in total. The Morgan fingerprint density at radius 2 is 2.12 bits per heavy atom. The van der Waals surface area contributed by atoms with E-state index in [0.29, 0.717) is 11.8 Å². The van der Waals surface area contributed by atoms with E-state index < -0.39 is 0 Å². The van der Waals surface area contributed by atoms with E-state index in [1.807, 2.05) is 6.92 Å². The van der Waals surface area contributed by atoms with Gasteiger partial charge in [0.1, 0.15) is 11.5 Å². The van der Waals surface area contributed by atoms with Gasteiger partial charge in [-0.25, -0.2) is 9.97 Å². The first-order chi connectivity index (χ1) is 8.11. The van der Waals surface area contributed by atoms with Crippen LogP contribution in [0.3, 0.4) is 0 Å². The summed E-state index contributed by atoms with van der Waals surface area (Å²) in [5.41, 5.74) is 3.26. The van der Waals surface area contributed by atoms with Gasteiger partial charge in [-0.2, -0.15) is 0 Å². The molecule has 2 heterocycles. The summed E-state index contributed by atoms with van der Waals surface area (Å²) in [5.74, 6) is 1.86. The lowest BCUT2D eigenvalue weighted by Crippen LogP contribution is -2.03. The summed E-state index contributed by atoms with van der Waals surface area (Å²) in [4.78, 5) is 13.8. The van der Waals surface area contributed by atoms with Gasteiger partial charge in [-0.15, -0.1) is 0 Å². The summed E-state index contributed by atoms with van der Waals surface area (Å²) in [6.45, 7) is 8.52. The predicted molar refractivity (Wildman–Crippen MR) is 71.1 cm³/mol. The minimum Gasteiger partial charge on any atom is -0.257 e. The van der Waals surface area contributed by atoms with Gasteiger partial charge in [-0.05, 0) is 38.0 Å². The van der Waals surface area contributed by atoms with Crippen LogP contribution in [-0.2, 0) is 6.42 Å². The number of aryl methyl sites for hydroxylation is 2. The van der Waals surface area contributed by atoms with Crippen molar-refractivity contribution in [3.63, 3.8) is 0 Å². The zero-order chi connectivity index (χ0) is 12.4. The third-order valence-corrected chi connectivity index (χ3v) is 3.33. The van der Waals surface area contributed by atoms with Crippen LogP contribution < -0.4 is 0 Å². The van der Waals surface area contributed by atoms with Crippen molar-refractivity contribution in [2.45, 2.75) is 52.9 Å². The molecule has 0 saturated heterocycles. The summed E-state index contributed by atoms with van der Waals surface area (Å²) in [6, 6.07) is 0. The molecule has 0 spiro atoms. The fourth-order valence-electron chi connectivity index (χ4n) is 2.25. The van der Waals surface area contributed by atoms with Crippen molar-refractivity contribution in [3.05, 3.63) is 17.2 Å². The molecule has 2 rings (SSSR count). The molecular formula is C14H21N3. The zero-order valence-corrected chi connectivity index (χ0v) is 11.2. The summed E-state index contributed by atoms with van der Waals surface area (Å²) >= 11 is 0. The van der Waals surface area contributed by atoms with Crippen molar-refractivity contribution in [2.24, 2.45) is 10.9 Å². The predicted octanol–water partition coefficient (Wildman–Crippen LogP) is 3.58. The van der Waals surface area contributed by atoms with E-state index in [0.717, 1.165) is 42.2 Å². The number of nitrogens with zero attached hydrogens (tertiary/aromatic N) is 3. The van der Waals surface area contributed by atoms with Gasteiger partial charge < -0.3 is 0 Å². The summed E-state index contributed by atoms with van der Waals surface area (Å²) < 4.78 is 0. The molecule has 1 unspecified atom stereocenters. The second-order valence-corrected chi connectivity index (χ2v) is 5.09. The maximum absolute atomic E-state index is 4.65. The molecule has 1 aromatic rings. The van der Waals surface area contributed by atoms with Crippen molar-refractivity contribution in [2.75, 3.05) is 0 Å². The van der Waals surface area contributed by atoms with Gasteiger partial charge in [-0.1, -0.05) is 20.8 Å². The molecule has 3 heteroatoms. The van der Waals surface area contributed by atoms with Gasteiger partial charge in [-0.3, -0.25) is 4.99 Å². The first kappa shape index (κ1) is 12.2. The van der Waals surface area contributed by atoms with Crippen LogP contribution in [0, 0.1) is 12.8 Å². The highest BCUT2D eigenvalue weighted by atomic mass is 14.9. The monoisotopic (exact) mass is 231 g/mol. The van der Waals surface area contributed by atoms with Crippen LogP contribution in [0.4, 0.5) is 5.69 Å². The van der Waals surface area contributed by atoms with Crippen LogP contribution in [0.2, 0.25) is 0 Å². The molecule has 0 bridgehead atoms. The highest BCUT2D eigenvalue weighted by molar-refractivity contribution is 5.69. The molecule has 0 aliphatic carbocycles. The Balaban J connectivity index is 2.48. The van der Waals surface area contributed by atoms with Crippen molar-refractivity contribution in [1.82, 2.24) is 9.97 Å². The first-order valence-corrected chi connectivity index (χ1v) is 6.53. The highest BCUT2D eigenvalue weighted by Gasteiger charge is 2.18. The SMILES string of the molecule is CCC1C=Nc2c(nc(C)nc2C(C)C)CC1. The molecule has 0 saturated carbocycles. The van der Waals surface area contributed by atoms with Gasteiger partial charge in [0.25, 0.3) is 0 Å². The Hall–Kier alpha value is -1.25. The van der Waals surface area contributed by atoms with Crippen LogP contribution in [0.25, 0.3) is 0 Å². The second kappa shape index (κ2) is 4.94. The fraction of sp³-hybridized carbons (Fsp3) is 0.643. The standard InChI is InChI=1S/C14H21N3/c1-5-11-6-7-12-14(15-8-11)13(9(2)3)17-10(4)16-12/h8-9,11H,5-7H2,1-4H3. The van der Waals surface area contributed by atoms with E-state index in [1.165, 1.54) is 0 Å². The van der Waals surface area contributed by atoms with Crippen LogP contribution in [0.1, 0.15) is 56.7 Å². The third-order valence-electron chi connectivity index (χ3n) is 3.33. The topological polar surface area (TPSA) is 38.1 Å². The molecule has 1 aliphatic heterocycles. The van der Waals surface area contributed by atoms with Gasteiger partial charge in [0, 0.05) is 6.21 Å². The molecule has 1 aliphatic rings. The van der Waals surface area contributed by atoms with E-state index in [1.54, 1.807) is 0 Å². The summed E-state index contributed by atoms with van der Waals surface area (Å²) in [6.07, 6.45) is 5.43. The summed E-state index contributed by atoms with van der Waals surface area (Å²) in [7, 11) is 0. The van der Waals surface area contributed by atoms with E-state index >= 15 is 0 Å². The molecule has 17 heavy (non-hydrogen) atoms. The Labute approximate surface area is 103 Å². The molecule has 92 valence electrons. The Kier molecular flexibility index (Phi) is 3.55. The maximum atomic E-state index is 4.65. The average Bonchev–Trinajstić information content (AvgIpc) is 2.49. The molecule has 1 atom stereocenters. The molecule has 1 aromatic heterocycles. The fourth-order valence-corrected chi connectivity index (χ4v) is 2.25. The Morgan fingerprint density at radius 1 is 1.35 bits per heavy atom. The largest absolute Gasteiger partial charge is 0.257 e. The van der Waals surface area contributed by atoms with Crippen molar-refractivity contribution in [3.8, 4) is 0 Å². The smallest absolute Gasteiger partial charge is 0.125 e. The van der Waals surface area contributed by atoms with Crippen LogP contribution in [0.5, 0.6) is 0 Å².